The van der Waals surface area contributed by atoms with Crippen molar-refractivity contribution in [3.63, 3.8) is 0 Å². The molecule has 8 heteroatoms. The lowest BCUT2D eigenvalue weighted by molar-refractivity contribution is 0.350. The number of aromatic nitrogens is 4. The Hall–Kier alpha value is -2.63. The molecule has 26 heavy (non-hydrogen) atoms. The summed E-state index contributed by atoms with van der Waals surface area (Å²) < 4.78 is 7.97. The number of fused-ring (bicyclic) bond motifs is 1. The first-order valence-corrected chi connectivity index (χ1v) is 8.66. The molecule has 0 spiro atoms. The van der Waals surface area contributed by atoms with Crippen LogP contribution in [0.2, 0.25) is 0 Å². The lowest BCUT2D eigenvalue weighted by atomic mass is 10.1. The molecule has 0 aliphatic carbocycles. The Bertz CT molecular complexity index is 1050. The zero-order valence-corrected chi connectivity index (χ0v) is 16.3. The first-order valence-electron chi connectivity index (χ1n) is 7.86. The van der Waals surface area contributed by atoms with Crippen molar-refractivity contribution in [3.8, 4) is 17.6 Å². The fourth-order valence-electron chi connectivity index (χ4n) is 2.90. The number of aliphatic hydroxyl groups excluding tert-OH is 1. The molecule has 134 valence electrons. The van der Waals surface area contributed by atoms with Gasteiger partial charge in [-0.3, -0.25) is 4.98 Å². The molecule has 3 aromatic heterocycles. The maximum atomic E-state index is 9.01. The van der Waals surface area contributed by atoms with Gasteiger partial charge < -0.3 is 20.1 Å². The summed E-state index contributed by atoms with van der Waals surface area (Å²) in [6, 6.07) is 0. The summed E-state index contributed by atoms with van der Waals surface area (Å²) in [6.07, 6.45) is 3.70. The summed E-state index contributed by atoms with van der Waals surface area (Å²) >= 11 is 3.43. The van der Waals surface area contributed by atoms with Crippen LogP contribution in [-0.4, -0.2) is 38.3 Å². The van der Waals surface area contributed by atoms with E-state index in [1.54, 1.807) is 7.11 Å². The monoisotopic (exact) mass is 415 g/mol. The summed E-state index contributed by atoms with van der Waals surface area (Å²) in [7, 11) is 1.64. The van der Waals surface area contributed by atoms with E-state index >= 15 is 0 Å². The van der Waals surface area contributed by atoms with E-state index in [1.165, 1.54) is 0 Å². The Balaban J connectivity index is 2.17. The smallest absolute Gasteiger partial charge is 0.223 e. The van der Waals surface area contributed by atoms with Crippen LogP contribution in [-0.2, 0) is 6.54 Å². The molecule has 0 fully saturated rings. The number of ether oxygens (including phenoxy) is 1. The molecule has 7 nitrogen and oxygen atoms in total. The number of aliphatic hydroxyl groups is 1. The van der Waals surface area contributed by atoms with Gasteiger partial charge in [0, 0.05) is 12.4 Å². The van der Waals surface area contributed by atoms with Crippen LogP contribution >= 0.6 is 15.9 Å². The third-order valence-corrected chi connectivity index (χ3v) is 4.68. The Morgan fingerprint density at radius 1 is 1.35 bits per heavy atom. The van der Waals surface area contributed by atoms with Gasteiger partial charge in [0.05, 0.1) is 30.3 Å². The minimum Gasteiger partial charge on any atom is -0.495 e. The van der Waals surface area contributed by atoms with Gasteiger partial charge in [-0.1, -0.05) is 11.8 Å². The highest BCUT2D eigenvalue weighted by atomic mass is 79.9. The fourth-order valence-corrected chi connectivity index (χ4v) is 3.47. The molecule has 0 unspecified atom stereocenters. The summed E-state index contributed by atoms with van der Waals surface area (Å²) in [4.78, 5) is 12.9. The molecule has 0 saturated carbocycles. The summed E-state index contributed by atoms with van der Waals surface area (Å²) in [5.74, 6) is 6.54. The fraction of sp³-hybridized carbons (Fsp3) is 0.278. The first-order chi connectivity index (χ1) is 12.5. The van der Waals surface area contributed by atoms with Crippen molar-refractivity contribution in [2.45, 2.75) is 20.4 Å². The highest BCUT2D eigenvalue weighted by molar-refractivity contribution is 9.10. The molecular formula is C18H18BrN5O2. The summed E-state index contributed by atoms with van der Waals surface area (Å²) in [5.41, 5.74) is 10.1. The quantitative estimate of drug-likeness (QED) is 0.502. The van der Waals surface area contributed by atoms with Crippen molar-refractivity contribution in [2.24, 2.45) is 0 Å². The number of hydrogen-bond acceptors (Lipinski definition) is 6. The van der Waals surface area contributed by atoms with Gasteiger partial charge in [-0.05, 0) is 40.9 Å². The van der Waals surface area contributed by atoms with E-state index in [2.05, 4.69) is 42.7 Å². The average Bonchev–Trinajstić information content (AvgIpc) is 2.93. The van der Waals surface area contributed by atoms with Crippen molar-refractivity contribution in [1.82, 2.24) is 19.5 Å². The van der Waals surface area contributed by atoms with Crippen LogP contribution in [0.1, 0.15) is 22.4 Å². The minimum absolute atomic E-state index is 0.168. The minimum atomic E-state index is -0.224. The van der Waals surface area contributed by atoms with Gasteiger partial charge in [0.15, 0.2) is 0 Å². The van der Waals surface area contributed by atoms with Crippen LogP contribution in [0.5, 0.6) is 5.75 Å². The number of halogens is 1. The SMILES string of the molecule is COc1c(C)ncc(Cn2cc(C#CCO)c3c(Br)nc(N)nc32)c1C. The number of methoxy groups -OCH3 is 1. The highest BCUT2D eigenvalue weighted by Crippen LogP contribution is 2.29. The number of hydrogen-bond donors (Lipinski definition) is 2. The zero-order valence-electron chi connectivity index (χ0n) is 14.7. The first kappa shape index (κ1) is 18.2. The van der Waals surface area contributed by atoms with Gasteiger partial charge in [-0.2, -0.15) is 4.98 Å². The Morgan fingerprint density at radius 3 is 2.81 bits per heavy atom. The molecule has 0 radical (unpaired) electrons. The second-order valence-corrected chi connectivity index (χ2v) is 6.48. The molecule has 0 aliphatic heterocycles. The standard InChI is InChI=1S/C18H18BrN5O2/c1-10-13(7-21-11(2)15(10)26-3)9-24-8-12(5-4-6-25)14-16(19)22-18(20)23-17(14)24/h7-8,25H,6,9H2,1-3H3,(H2,20,22,23). The lowest BCUT2D eigenvalue weighted by Crippen LogP contribution is -2.06. The normalized spacial score (nSPS) is 10.7. The molecule has 0 amide bonds. The predicted octanol–water partition coefficient (Wildman–Crippen LogP) is 2.19. The molecule has 0 aromatic carbocycles. The molecule has 0 atom stereocenters. The Kier molecular flexibility index (Phi) is 5.11. The number of nitrogen functional groups attached to an aromatic ring is 1. The number of anilines is 1. The topological polar surface area (TPSA) is 99.1 Å². The Morgan fingerprint density at radius 2 is 2.12 bits per heavy atom. The van der Waals surface area contributed by atoms with E-state index < -0.39 is 0 Å². The highest BCUT2D eigenvalue weighted by Gasteiger charge is 2.16. The molecular weight excluding hydrogens is 398 g/mol. The molecule has 3 heterocycles. The predicted molar refractivity (Wildman–Crippen MR) is 103 cm³/mol. The van der Waals surface area contributed by atoms with E-state index in [1.807, 2.05) is 30.8 Å². The lowest BCUT2D eigenvalue weighted by Gasteiger charge is -2.13. The second kappa shape index (κ2) is 7.32. The second-order valence-electron chi connectivity index (χ2n) is 5.73. The number of pyridine rings is 1. The van der Waals surface area contributed by atoms with Gasteiger partial charge in [0.1, 0.15) is 22.6 Å². The third-order valence-electron chi connectivity index (χ3n) is 4.10. The van der Waals surface area contributed by atoms with Crippen molar-refractivity contribution in [2.75, 3.05) is 19.5 Å². The van der Waals surface area contributed by atoms with Crippen molar-refractivity contribution in [3.05, 3.63) is 39.4 Å². The van der Waals surface area contributed by atoms with Gasteiger partial charge >= 0.3 is 0 Å². The molecule has 0 saturated heterocycles. The van der Waals surface area contributed by atoms with E-state index in [-0.39, 0.29) is 12.6 Å². The van der Waals surface area contributed by atoms with E-state index in [0.717, 1.165) is 28.0 Å². The molecule has 3 N–H and O–H groups in total. The average molecular weight is 416 g/mol. The van der Waals surface area contributed by atoms with E-state index in [9.17, 15) is 0 Å². The van der Waals surface area contributed by atoms with Crippen molar-refractivity contribution in [1.29, 1.82) is 0 Å². The van der Waals surface area contributed by atoms with Gasteiger partial charge in [0.2, 0.25) is 5.95 Å². The van der Waals surface area contributed by atoms with Crippen LogP contribution in [0.15, 0.2) is 17.0 Å². The largest absolute Gasteiger partial charge is 0.495 e. The van der Waals surface area contributed by atoms with Gasteiger partial charge in [-0.15, -0.1) is 0 Å². The van der Waals surface area contributed by atoms with Gasteiger partial charge in [-0.25, -0.2) is 4.98 Å². The molecule has 0 bridgehead atoms. The van der Waals surface area contributed by atoms with E-state index in [4.69, 9.17) is 15.6 Å². The number of rotatable bonds is 3. The summed E-state index contributed by atoms with van der Waals surface area (Å²) in [5, 5.41) is 9.76. The van der Waals surface area contributed by atoms with Crippen molar-refractivity contribution >= 4 is 32.9 Å². The van der Waals surface area contributed by atoms with Crippen LogP contribution < -0.4 is 10.5 Å². The van der Waals surface area contributed by atoms with Crippen LogP contribution in [0.3, 0.4) is 0 Å². The molecule has 3 rings (SSSR count). The third kappa shape index (κ3) is 3.23. The number of aryl methyl sites for hydroxylation is 1. The maximum absolute atomic E-state index is 9.01. The molecule has 0 aliphatic rings. The number of nitrogens with zero attached hydrogens (tertiary/aromatic N) is 4. The van der Waals surface area contributed by atoms with Crippen LogP contribution in [0, 0.1) is 25.7 Å². The molecule has 3 aromatic rings. The van der Waals surface area contributed by atoms with E-state index in [0.29, 0.717) is 22.4 Å². The summed E-state index contributed by atoms with van der Waals surface area (Å²) in [6.45, 7) is 4.21. The Labute approximate surface area is 159 Å². The van der Waals surface area contributed by atoms with Crippen LogP contribution in [0.25, 0.3) is 11.0 Å². The maximum Gasteiger partial charge on any atom is 0.223 e. The van der Waals surface area contributed by atoms with Crippen LogP contribution in [0.4, 0.5) is 5.95 Å². The van der Waals surface area contributed by atoms with Crippen molar-refractivity contribution < 1.29 is 9.84 Å². The number of nitrogens with two attached hydrogens (primary N) is 1. The van der Waals surface area contributed by atoms with Gasteiger partial charge in [0.25, 0.3) is 0 Å². The zero-order chi connectivity index (χ0) is 18.8.